The molecule has 51 heavy (non-hydrogen) atoms. The van der Waals surface area contributed by atoms with E-state index in [9.17, 15) is 5.26 Å². The Kier molecular flexibility index (Phi) is 9.29. The van der Waals surface area contributed by atoms with Crippen molar-refractivity contribution in [1.82, 2.24) is 54.6 Å². The Bertz CT molecular complexity index is 1940. The summed E-state index contributed by atoms with van der Waals surface area (Å²) in [7, 11) is 1.89. The van der Waals surface area contributed by atoms with E-state index in [-0.39, 0.29) is 12.1 Å². The van der Waals surface area contributed by atoms with E-state index in [1.54, 1.807) is 34.0 Å². The molecule has 1 aliphatic carbocycles. The lowest BCUT2D eigenvalue weighted by Gasteiger charge is -2.43. The summed E-state index contributed by atoms with van der Waals surface area (Å²) in [5, 5.41) is 33.5. The number of anilines is 2. The van der Waals surface area contributed by atoms with Crippen LogP contribution in [0.25, 0.3) is 11.1 Å². The van der Waals surface area contributed by atoms with E-state index in [4.69, 9.17) is 19.3 Å². The number of aryl methyl sites for hydroxylation is 1. The number of hydrogen-bond acceptors (Lipinski definition) is 13. The molecule has 1 saturated carbocycles. The van der Waals surface area contributed by atoms with Gasteiger partial charge in [-0.25, -0.2) is 14.6 Å². The number of nitriles is 1. The fourth-order valence-corrected chi connectivity index (χ4v) is 7.65. The van der Waals surface area contributed by atoms with Crippen LogP contribution in [0.4, 0.5) is 11.6 Å². The number of nitrogens with zero attached hydrogens (tertiary/aromatic N) is 12. The van der Waals surface area contributed by atoms with Crippen LogP contribution in [0.1, 0.15) is 62.7 Å². The molecule has 2 saturated heterocycles. The summed E-state index contributed by atoms with van der Waals surface area (Å²) < 4.78 is 23.7. The van der Waals surface area contributed by atoms with Crippen molar-refractivity contribution in [2.45, 2.75) is 88.9 Å². The summed E-state index contributed by atoms with van der Waals surface area (Å²) in [6, 6.07) is 11.6. The van der Waals surface area contributed by atoms with Gasteiger partial charge in [0.05, 0.1) is 43.3 Å². The zero-order valence-electron chi connectivity index (χ0n) is 28.7. The fourth-order valence-electron chi connectivity index (χ4n) is 7.65. The first-order chi connectivity index (χ1) is 25.0. The van der Waals surface area contributed by atoms with Crippen LogP contribution in [0.15, 0.2) is 55.4 Å². The molecule has 0 spiro atoms. The standard InChI is InChI=1S/C35H41N13O3/c1-23(17-46-22-39-43-44-46)51-33-13-24(3-4-25(33)14-36)26-15-37-35(38-16-26)41-32-18-47(42-34(32)50-21-29-11-12-40-45(29)2)27-5-7-28(8-6-27)48-30-9-10-31(48)20-49-19-30/h3-4,11-13,15-16,18,22-23,27-28,30-31H,5-10,17,19-21H2,1-2H3,(H,37,38,41)/t23?,27?,28?,30-,31+. The predicted molar refractivity (Wildman–Crippen MR) is 184 cm³/mol. The molecule has 3 fully saturated rings. The molecular formula is C35H41N13O3. The molecule has 3 atom stereocenters. The molecule has 3 aliphatic rings. The lowest BCUT2D eigenvalue weighted by atomic mass is 9.89. The van der Waals surface area contributed by atoms with Crippen LogP contribution < -0.4 is 14.8 Å². The molecule has 1 aromatic carbocycles. The average Bonchev–Trinajstić information content (AvgIpc) is 3.95. The van der Waals surface area contributed by atoms with Crippen LogP contribution in [-0.2, 0) is 24.9 Å². The molecule has 2 bridgehead atoms. The number of rotatable bonds is 12. The van der Waals surface area contributed by atoms with Gasteiger partial charge in [0.1, 0.15) is 36.5 Å². The van der Waals surface area contributed by atoms with Gasteiger partial charge in [0.15, 0.2) is 0 Å². The summed E-state index contributed by atoms with van der Waals surface area (Å²) in [4.78, 5) is 12.0. The van der Waals surface area contributed by atoms with Gasteiger partial charge in [0, 0.05) is 49.3 Å². The van der Waals surface area contributed by atoms with E-state index in [2.05, 4.69) is 51.6 Å². The van der Waals surface area contributed by atoms with Gasteiger partial charge in [0.25, 0.3) is 5.88 Å². The number of fused-ring (bicyclic) bond motifs is 2. The van der Waals surface area contributed by atoms with Crippen molar-refractivity contribution in [2.24, 2.45) is 7.05 Å². The van der Waals surface area contributed by atoms with E-state index < -0.39 is 0 Å². The lowest BCUT2D eigenvalue weighted by Crippen LogP contribution is -2.52. The third kappa shape index (κ3) is 7.12. The highest BCUT2D eigenvalue weighted by molar-refractivity contribution is 5.67. The quantitative estimate of drug-likeness (QED) is 0.199. The van der Waals surface area contributed by atoms with Crippen LogP contribution >= 0.6 is 0 Å². The van der Waals surface area contributed by atoms with Crippen molar-refractivity contribution in [2.75, 3.05) is 18.5 Å². The van der Waals surface area contributed by atoms with Crippen molar-refractivity contribution in [3.05, 3.63) is 66.6 Å². The number of aromatic nitrogens is 10. The number of hydrogen-bond donors (Lipinski definition) is 1. The Morgan fingerprint density at radius 2 is 1.76 bits per heavy atom. The molecule has 5 aromatic rings. The van der Waals surface area contributed by atoms with Crippen molar-refractivity contribution in [3.63, 3.8) is 0 Å². The van der Waals surface area contributed by atoms with Gasteiger partial charge in [0.2, 0.25) is 5.95 Å². The van der Waals surface area contributed by atoms with Gasteiger partial charge in [-0.15, -0.1) is 10.2 Å². The Balaban J connectivity index is 0.969. The molecule has 6 heterocycles. The average molecular weight is 692 g/mol. The molecule has 0 amide bonds. The fraction of sp³-hybridized carbons (Fsp3) is 0.486. The third-order valence-electron chi connectivity index (χ3n) is 10.2. The third-order valence-corrected chi connectivity index (χ3v) is 10.2. The predicted octanol–water partition coefficient (Wildman–Crippen LogP) is 4.07. The Morgan fingerprint density at radius 3 is 2.47 bits per heavy atom. The van der Waals surface area contributed by atoms with Crippen LogP contribution in [0.5, 0.6) is 11.6 Å². The number of ether oxygens (including phenoxy) is 3. The van der Waals surface area contributed by atoms with E-state index in [0.717, 1.165) is 55.7 Å². The SMILES string of the molecule is CC(Cn1cnnn1)Oc1cc(-c2cnc(Nc3cn(C4CCC(N5[C@@H]6CC[C@H]5COC6)CC4)nc3OCc3ccnn3C)nc2)ccc1C#N. The van der Waals surface area contributed by atoms with Gasteiger partial charge in [-0.3, -0.25) is 14.3 Å². The van der Waals surface area contributed by atoms with Crippen molar-refractivity contribution >= 4 is 11.6 Å². The van der Waals surface area contributed by atoms with Crippen LogP contribution in [0, 0.1) is 11.3 Å². The van der Waals surface area contributed by atoms with E-state index in [1.165, 1.54) is 19.2 Å². The highest BCUT2D eigenvalue weighted by atomic mass is 16.5. The number of nitrogens with one attached hydrogen (secondary N) is 1. The molecular weight excluding hydrogens is 650 g/mol. The first-order valence-electron chi connectivity index (χ1n) is 17.6. The van der Waals surface area contributed by atoms with Gasteiger partial charge >= 0.3 is 0 Å². The first-order valence-corrected chi connectivity index (χ1v) is 17.6. The summed E-state index contributed by atoms with van der Waals surface area (Å²) in [5.74, 6) is 1.36. The number of morpholine rings is 1. The summed E-state index contributed by atoms with van der Waals surface area (Å²) >= 11 is 0. The van der Waals surface area contributed by atoms with Gasteiger partial charge in [-0.05, 0) is 79.6 Å². The maximum atomic E-state index is 9.70. The second-order valence-electron chi connectivity index (χ2n) is 13.6. The molecule has 1 N–H and O–H groups in total. The highest BCUT2D eigenvalue weighted by Crippen LogP contribution is 2.39. The van der Waals surface area contributed by atoms with Crippen molar-refractivity contribution in [1.29, 1.82) is 5.26 Å². The largest absolute Gasteiger partial charge is 0.487 e. The molecule has 1 unspecified atom stereocenters. The van der Waals surface area contributed by atoms with E-state index in [1.807, 2.05) is 38.4 Å². The molecule has 8 rings (SSSR count). The minimum absolute atomic E-state index is 0.274. The van der Waals surface area contributed by atoms with Gasteiger partial charge in [-0.2, -0.15) is 10.4 Å². The highest BCUT2D eigenvalue weighted by Gasteiger charge is 2.42. The zero-order valence-corrected chi connectivity index (χ0v) is 28.7. The molecule has 4 aromatic heterocycles. The number of tetrazole rings is 1. The normalized spacial score (nSPS) is 22.4. The van der Waals surface area contributed by atoms with Gasteiger partial charge < -0.3 is 19.5 Å². The summed E-state index contributed by atoms with van der Waals surface area (Å²) in [6.45, 7) is 4.40. The van der Waals surface area contributed by atoms with Crippen molar-refractivity contribution in [3.8, 4) is 28.8 Å². The summed E-state index contributed by atoms with van der Waals surface area (Å²) in [5.41, 5.74) is 3.66. The smallest absolute Gasteiger partial charge is 0.257 e. The second kappa shape index (κ2) is 14.4. The molecule has 16 nitrogen and oxygen atoms in total. The minimum Gasteiger partial charge on any atom is -0.487 e. The summed E-state index contributed by atoms with van der Waals surface area (Å²) in [6.07, 6.45) is 15.4. The van der Waals surface area contributed by atoms with E-state index in [0.29, 0.717) is 60.1 Å². The maximum absolute atomic E-state index is 9.70. The Morgan fingerprint density at radius 1 is 1.00 bits per heavy atom. The Labute approximate surface area is 295 Å². The molecule has 16 heteroatoms. The molecule has 0 radical (unpaired) electrons. The van der Waals surface area contributed by atoms with Crippen LogP contribution in [-0.4, -0.2) is 92.1 Å². The van der Waals surface area contributed by atoms with Crippen LogP contribution in [0.3, 0.4) is 0 Å². The monoisotopic (exact) mass is 691 g/mol. The molecule has 264 valence electrons. The van der Waals surface area contributed by atoms with Crippen molar-refractivity contribution < 1.29 is 14.2 Å². The van der Waals surface area contributed by atoms with Gasteiger partial charge in [-0.1, -0.05) is 6.07 Å². The first kappa shape index (κ1) is 32.8. The topological polar surface area (TPSA) is 172 Å². The maximum Gasteiger partial charge on any atom is 0.257 e. The number of benzene rings is 1. The zero-order chi connectivity index (χ0) is 34.7. The Hall–Kier alpha value is -5.40. The second-order valence-corrected chi connectivity index (χ2v) is 13.6. The van der Waals surface area contributed by atoms with Crippen LogP contribution in [0.2, 0.25) is 0 Å². The molecule has 2 aliphatic heterocycles. The van der Waals surface area contributed by atoms with E-state index >= 15 is 0 Å². The lowest BCUT2D eigenvalue weighted by molar-refractivity contribution is -0.0458. The minimum atomic E-state index is -0.274.